The number of imidazole rings is 1. The van der Waals surface area contributed by atoms with Crippen molar-refractivity contribution in [3.05, 3.63) is 72.4 Å². The Hall–Kier alpha value is -3.72. The van der Waals surface area contributed by atoms with Crippen LogP contribution in [0.5, 0.6) is 5.88 Å². The highest BCUT2D eigenvalue weighted by atomic mass is 16.6. The fourth-order valence-corrected chi connectivity index (χ4v) is 3.48. The topological polar surface area (TPSA) is 92.6 Å². The van der Waals surface area contributed by atoms with Crippen LogP contribution in [0.15, 0.2) is 61.2 Å². The molecular formula is C23H26N6O3. The van der Waals surface area contributed by atoms with Crippen LogP contribution in [0.4, 0.5) is 10.5 Å². The predicted molar refractivity (Wildman–Crippen MR) is 120 cm³/mol. The SMILES string of the molecule is Cn1cnc(CCN2CCN(C(=O)Oc3ccc(NC(=O)c4ccccc4)cn3)CC2)c1. The lowest BCUT2D eigenvalue weighted by molar-refractivity contribution is 0.102. The Balaban J connectivity index is 1.21. The molecule has 4 rings (SSSR count). The number of carbonyl (C=O) groups is 2. The molecule has 0 radical (unpaired) electrons. The summed E-state index contributed by atoms with van der Waals surface area (Å²) in [5.74, 6) is -0.0247. The van der Waals surface area contributed by atoms with E-state index in [1.807, 2.05) is 23.9 Å². The molecule has 1 fully saturated rings. The van der Waals surface area contributed by atoms with Gasteiger partial charge in [-0.05, 0) is 18.2 Å². The van der Waals surface area contributed by atoms with Gasteiger partial charge in [-0.25, -0.2) is 14.8 Å². The van der Waals surface area contributed by atoms with Crippen LogP contribution in [0.25, 0.3) is 0 Å². The minimum absolute atomic E-state index is 0.199. The summed E-state index contributed by atoms with van der Waals surface area (Å²) < 4.78 is 7.34. The third-order valence-electron chi connectivity index (χ3n) is 5.30. The van der Waals surface area contributed by atoms with Gasteiger partial charge >= 0.3 is 6.09 Å². The molecule has 0 aliphatic carbocycles. The Bertz CT molecular complexity index is 1040. The zero-order valence-corrected chi connectivity index (χ0v) is 18.0. The lowest BCUT2D eigenvalue weighted by atomic mass is 10.2. The number of hydrogen-bond donors (Lipinski definition) is 1. The molecule has 9 heteroatoms. The van der Waals surface area contributed by atoms with Crippen molar-refractivity contribution in [1.29, 1.82) is 0 Å². The zero-order chi connectivity index (χ0) is 22.3. The van der Waals surface area contributed by atoms with Crippen LogP contribution >= 0.6 is 0 Å². The molecule has 0 bridgehead atoms. The highest BCUT2D eigenvalue weighted by Crippen LogP contribution is 2.15. The first-order valence-corrected chi connectivity index (χ1v) is 10.6. The van der Waals surface area contributed by atoms with Crippen molar-refractivity contribution in [3.63, 3.8) is 0 Å². The van der Waals surface area contributed by atoms with E-state index in [1.54, 1.807) is 47.6 Å². The molecule has 1 aromatic carbocycles. The Morgan fingerprint density at radius 2 is 1.81 bits per heavy atom. The Morgan fingerprint density at radius 3 is 2.47 bits per heavy atom. The highest BCUT2D eigenvalue weighted by molar-refractivity contribution is 6.04. The maximum atomic E-state index is 12.5. The molecule has 2 aromatic heterocycles. The first kappa shape index (κ1) is 21.5. The van der Waals surface area contributed by atoms with E-state index < -0.39 is 6.09 Å². The van der Waals surface area contributed by atoms with Gasteiger partial charge in [0.05, 0.1) is 23.9 Å². The van der Waals surface area contributed by atoms with Crippen molar-refractivity contribution >= 4 is 17.7 Å². The van der Waals surface area contributed by atoms with E-state index >= 15 is 0 Å². The third kappa shape index (κ3) is 5.70. The first-order valence-electron chi connectivity index (χ1n) is 10.6. The third-order valence-corrected chi connectivity index (χ3v) is 5.30. The average Bonchev–Trinajstić information content (AvgIpc) is 3.25. The summed E-state index contributed by atoms with van der Waals surface area (Å²) >= 11 is 0. The first-order chi connectivity index (χ1) is 15.6. The number of aromatic nitrogens is 3. The van der Waals surface area contributed by atoms with Crippen LogP contribution in [0.2, 0.25) is 0 Å². The summed E-state index contributed by atoms with van der Waals surface area (Å²) in [6.45, 7) is 3.70. The molecule has 1 aliphatic rings. The lowest BCUT2D eigenvalue weighted by Crippen LogP contribution is -2.50. The molecular weight excluding hydrogens is 408 g/mol. The van der Waals surface area contributed by atoms with Gasteiger partial charge in [-0.1, -0.05) is 18.2 Å². The van der Waals surface area contributed by atoms with Crippen LogP contribution < -0.4 is 10.1 Å². The Kier molecular flexibility index (Phi) is 6.76. The van der Waals surface area contributed by atoms with Crippen LogP contribution in [-0.4, -0.2) is 69.1 Å². The van der Waals surface area contributed by atoms with Gasteiger partial charge < -0.3 is 19.5 Å². The summed E-state index contributed by atoms with van der Waals surface area (Å²) in [4.78, 5) is 37.2. The molecule has 0 spiro atoms. The van der Waals surface area contributed by atoms with Gasteiger partial charge in [0.15, 0.2) is 0 Å². The van der Waals surface area contributed by atoms with E-state index in [0.29, 0.717) is 24.3 Å². The van der Waals surface area contributed by atoms with Crippen molar-refractivity contribution in [3.8, 4) is 5.88 Å². The number of carbonyl (C=O) groups excluding carboxylic acids is 2. The fraction of sp³-hybridized carbons (Fsp3) is 0.304. The van der Waals surface area contributed by atoms with Gasteiger partial charge in [-0.3, -0.25) is 9.69 Å². The van der Waals surface area contributed by atoms with E-state index in [1.165, 1.54) is 6.20 Å². The number of nitrogens with one attached hydrogen (secondary N) is 1. The molecule has 9 nitrogen and oxygen atoms in total. The van der Waals surface area contributed by atoms with Crippen LogP contribution in [-0.2, 0) is 13.5 Å². The largest absolute Gasteiger partial charge is 0.416 e. The number of hydrogen-bond acceptors (Lipinski definition) is 6. The van der Waals surface area contributed by atoms with Gasteiger partial charge in [-0.15, -0.1) is 0 Å². The molecule has 1 N–H and O–H groups in total. The smallest absolute Gasteiger partial charge is 0.391 e. The molecule has 1 saturated heterocycles. The normalized spacial score (nSPS) is 14.2. The second-order valence-electron chi connectivity index (χ2n) is 7.68. The average molecular weight is 435 g/mol. The highest BCUT2D eigenvalue weighted by Gasteiger charge is 2.23. The maximum absolute atomic E-state index is 12.5. The number of anilines is 1. The van der Waals surface area contributed by atoms with E-state index in [-0.39, 0.29) is 11.8 Å². The number of benzene rings is 1. The molecule has 2 amide bonds. The summed E-state index contributed by atoms with van der Waals surface area (Å²) in [7, 11) is 1.96. The van der Waals surface area contributed by atoms with E-state index in [4.69, 9.17) is 4.74 Å². The minimum atomic E-state index is -0.414. The van der Waals surface area contributed by atoms with Crippen LogP contribution in [0.1, 0.15) is 16.1 Å². The number of ether oxygens (including phenoxy) is 1. The van der Waals surface area contributed by atoms with Gasteiger partial charge in [-0.2, -0.15) is 0 Å². The quantitative estimate of drug-likeness (QED) is 0.641. The Morgan fingerprint density at radius 1 is 1.03 bits per heavy atom. The van der Waals surface area contributed by atoms with Gasteiger partial charge in [0.25, 0.3) is 5.91 Å². The molecule has 0 saturated carbocycles. The monoisotopic (exact) mass is 434 g/mol. The molecule has 0 unspecified atom stereocenters. The van der Waals surface area contributed by atoms with Crippen LogP contribution in [0, 0.1) is 0 Å². The molecule has 166 valence electrons. The van der Waals surface area contributed by atoms with Crippen molar-refractivity contribution in [2.24, 2.45) is 7.05 Å². The number of amides is 2. The zero-order valence-electron chi connectivity index (χ0n) is 18.0. The van der Waals surface area contributed by atoms with Gasteiger partial charge in [0.1, 0.15) is 0 Å². The van der Waals surface area contributed by atoms with Crippen molar-refractivity contribution in [1.82, 2.24) is 24.3 Å². The predicted octanol–water partition coefficient (Wildman–Crippen LogP) is 2.43. The maximum Gasteiger partial charge on any atom is 0.416 e. The van der Waals surface area contributed by atoms with Crippen molar-refractivity contribution < 1.29 is 14.3 Å². The fourth-order valence-electron chi connectivity index (χ4n) is 3.48. The number of piperazine rings is 1. The number of nitrogens with zero attached hydrogens (tertiary/aromatic N) is 5. The van der Waals surface area contributed by atoms with Gasteiger partial charge in [0.2, 0.25) is 5.88 Å². The molecule has 32 heavy (non-hydrogen) atoms. The lowest BCUT2D eigenvalue weighted by Gasteiger charge is -2.33. The standard InChI is InChI=1S/C23H26N6O3/c1-27-16-20(25-17-27)9-10-28-11-13-29(14-12-28)23(31)32-21-8-7-19(15-24-21)26-22(30)18-5-3-2-4-6-18/h2-8,15-17H,9-14H2,1H3,(H,26,30). The van der Waals surface area contributed by atoms with E-state index in [2.05, 4.69) is 20.2 Å². The van der Waals surface area contributed by atoms with E-state index in [9.17, 15) is 9.59 Å². The number of rotatable bonds is 6. The summed E-state index contributed by atoms with van der Waals surface area (Å²) in [5, 5.41) is 2.77. The van der Waals surface area contributed by atoms with Gasteiger partial charge in [0, 0.05) is 64.0 Å². The van der Waals surface area contributed by atoms with Crippen molar-refractivity contribution in [2.75, 3.05) is 38.0 Å². The second-order valence-corrected chi connectivity index (χ2v) is 7.68. The van der Waals surface area contributed by atoms with Crippen molar-refractivity contribution in [2.45, 2.75) is 6.42 Å². The van der Waals surface area contributed by atoms with Crippen LogP contribution in [0.3, 0.4) is 0 Å². The molecule has 3 aromatic rings. The minimum Gasteiger partial charge on any atom is -0.391 e. The molecule has 0 atom stereocenters. The second kappa shape index (κ2) is 10.1. The summed E-state index contributed by atoms with van der Waals surface area (Å²) in [6.07, 6.45) is 5.78. The Labute approximate surface area is 186 Å². The molecule has 3 heterocycles. The number of pyridine rings is 1. The summed E-state index contributed by atoms with van der Waals surface area (Å²) in [6, 6.07) is 12.2. The molecule has 1 aliphatic heterocycles. The number of aryl methyl sites for hydroxylation is 1. The summed E-state index contributed by atoms with van der Waals surface area (Å²) in [5.41, 5.74) is 2.16. The van der Waals surface area contributed by atoms with E-state index in [0.717, 1.165) is 31.7 Å².